The Morgan fingerprint density at radius 2 is 1.96 bits per heavy atom. The third kappa shape index (κ3) is 3.23. The van der Waals surface area contributed by atoms with Gasteiger partial charge in [-0.2, -0.15) is 0 Å². The fraction of sp³-hybridized carbons (Fsp3) is 0.400. The molecule has 0 spiro atoms. The first-order valence-corrected chi connectivity index (χ1v) is 9.29. The van der Waals surface area contributed by atoms with Gasteiger partial charge in [-0.15, -0.1) is 0 Å². The molecule has 2 aromatic rings. The van der Waals surface area contributed by atoms with Crippen molar-refractivity contribution in [2.75, 3.05) is 13.6 Å². The molecule has 23 heavy (non-hydrogen) atoms. The van der Waals surface area contributed by atoms with Crippen LogP contribution in [0.3, 0.4) is 0 Å². The lowest BCUT2D eigenvalue weighted by Crippen LogP contribution is -2.28. The standard InChI is InChI=1S/C20H23BrN2/c1-23-13-15-4-2-3-5-19(15)20(23)12-22-11-16-10-17(21)8-9-18(16)14-6-7-14/h2-5,8-10,14,20,22H,6-7,11-13H2,1H3. The van der Waals surface area contributed by atoms with E-state index in [1.54, 1.807) is 5.56 Å². The predicted octanol–water partition coefficient (Wildman–Crippen LogP) is 4.60. The van der Waals surface area contributed by atoms with Crippen LogP contribution in [0.2, 0.25) is 0 Å². The van der Waals surface area contributed by atoms with Gasteiger partial charge < -0.3 is 5.32 Å². The first kappa shape index (κ1) is 15.4. The van der Waals surface area contributed by atoms with Gasteiger partial charge in [0.25, 0.3) is 0 Å². The van der Waals surface area contributed by atoms with Gasteiger partial charge >= 0.3 is 0 Å². The molecule has 1 atom stereocenters. The zero-order valence-electron chi connectivity index (χ0n) is 13.6. The summed E-state index contributed by atoms with van der Waals surface area (Å²) in [6, 6.07) is 16.1. The fourth-order valence-corrected chi connectivity index (χ4v) is 4.16. The summed E-state index contributed by atoms with van der Waals surface area (Å²) in [6.07, 6.45) is 2.71. The number of benzene rings is 2. The van der Waals surface area contributed by atoms with E-state index in [0.717, 1.165) is 25.6 Å². The molecule has 0 aromatic heterocycles. The number of hydrogen-bond acceptors (Lipinski definition) is 2. The molecule has 1 saturated carbocycles. The first-order valence-electron chi connectivity index (χ1n) is 8.49. The van der Waals surface area contributed by atoms with Crippen molar-refractivity contribution in [3.8, 4) is 0 Å². The number of nitrogens with one attached hydrogen (secondary N) is 1. The summed E-state index contributed by atoms with van der Waals surface area (Å²) in [5, 5.41) is 3.70. The van der Waals surface area contributed by atoms with Gasteiger partial charge in [0.2, 0.25) is 0 Å². The Bertz CT molecular complexity index is 709. The molecule has 1 fully saturated rings. The Morgan fingerprint density at radius 1 is 1.13 bits per heavy atom. The van der Waals surface area contributed by atoms with Crippen LogP contribution in [0.15, 0.2) is 46.9 Å². The van der Waals surface area contributed by atoms with Crippen LogP contribution >= 0.6 is 15.9 Å². The van der Waals surface area contributed by atoms with E-state index in [1.807, 2.05) is 0 Å². The van der Waals surface area contributed by atoms with Crippen LogP contribution in [-0.4, -0.2) is 18.5 Å². The topological polar surface area (TPSA) is 15.3 Å². The van der Waals surface area contributed by atoms with Crippen LogP contribution in [0.1, 0.15) is 47.1 Å². The van der Waals surface area contributed by atoms with Crippen LogP contribution < -0.4 is 5.32 Å². The smallest absolute Gasteiger partial charge is 0.0476 e. The molecular weight excluding hydrogens is 348 g/mol. The summed E-state index contributed by atoms with van der Waals surface area (Å²) in [6.45, 7) is 3.02. The number of likely N-dealkylation sites (N-methyl/N-ethyl adjacent to an activating group) is 1. The van der Waals surface area contributed by atoms with Gasteiger partial charge in [-0.1, -0.05) is 46.3 Å². The normalized spacial score (nSPS) is 20.7. The second-order valence-corrected chi connectivity index (χ2v) is 7.79. The minimum absolute atomic E-state index is 0.489. The molecule has 0 bridgehead atoms. The molecule has 1 aliphatic heterocycles. The molecule has 0 amide bonds. The highest BCUT2D eigenvalue weighted by Crippen LogP contribution is 2.42. The van der Waals surface area contributed by atoms with E-state index in [-0.39, 0.29) is 0 Å². The van der Waals surface area contributed by atoms with Crippen LogP contribution in [0.25, 0.3) is 0 Å². The number of nitrogens with zero attached hydrogens (tertiary/aromatic N) is 1. The maximum atomic E-state index is 3.70. The highest BCUT2D eigenvalue weighted by molar-refractivity contribution is 9.10. The fourth-order valence-electron chi connectivity index (χ4n) is 3.75. The Kier molecular flexibility index (Phi) is 4.27. The Hall–Kier alpha value is -1.16. The van der Waals surface area contributed by atoms with Crippen LogP contribution in [-0.2, 0) is 13.1 Å². The molecule has 120 valence electrons. The molecule has 0 radical (unpaired) electrons. The number of rotatable bonds is 5. The summed E-state index contributed by atoms with van der Waals surface area (Å²) < 4.78 is 1.18. The van der Waals surface area contributed by atoms with Crippen molar-refractivity contribution >= 4 is 15.9 Å². The van der Waals surface area contributed by atoms with Crippen molar-refractivity contribution in [3.05, 3.63) is 69.2 Å². The zero-order chi connectivity index (χ0) is 15.8. The minimum Gasteiger partial charge on any atom is -0.311 e. The lowest BCUT2D eigenvalue weighted by Gasteiger charge is -2.21. The predicted molar refractivity (Wildman–Crippen MR) is 98.5 cm³/mol. The van der Waals surface area contributed by atoms with E-state index in [9.17, 15) is 0 Å². The van der Waals surface area contributed by atoms with Crippen LogP contribution in [0.4, 0.5) is 0 Å². The van der Waals surface area contributed by atoms with Gasteiger partial charge in [-0.3, -0.25) is 4.90 Å². The number of fused-ring (bicyclic) bond motifs is 1. The van der Waals surface area contributed by atoms with Gasteiger partial charge in [0, 0.05) is 30.1 Å². The SMILES string of the molecule is CN1Cc2ccccc2C1CNCc1cc(Br)ccc1C1CC1. The molecule has 3 heteroatoms. The van der Waals surface area contributed by atoms with E-state index in [1.165, 1.54) is 34.0 Å². The van der Waals surface area contributed by atoms with Crippen molar-refractivity contribution in [2.24, 2.45) is 0 Å². The molecule has 2 nitrogen and oxygen atoms in total. The summed E-state index contributed by atoms with van der Waals surface area (Å²) in [7, 11) is 2.22. The zero-order valence-corrected chi connectivity index (χ0v) is 15.1. The molecule has 1 N–H and O–H groups in total. The first-order chi connectivity index (χ1) is 11.2. The summed E-state index contributed by atoms with van der Waals surface area (Å²) in [4.78, 5) is 2.44. The van der Waals surface area contributed by atoms with Crippen LogP contribution in [0.5, 0.6) is 0 Å². The van der Waals surface area contributed by atoms with E-state index < -0.39 is 0 Å². The molecule has 1 aliphatic carbocycles. The lowest BCUT2D eigenvalue weighted by molar-refractivity contribution is 0.260. The van der Waals surface area contributed by atoms with E-state index in [0.29, 0.717) is 6.04 Å². The van der Waals surface area contributed by atoms with Gasteiger partial charge in [-0.05, 0) is 60.2 Å². The monoisotopic (exact) mass is 370 g/mol. The Labute approximate surface area is 147 Å². The molecular formula is C20H23BrN2. The van der Waals surface area contributed by atoms with Gasteiger partial charge in [-0.25, -0.2) is 0 Å². The van der Waals surface area contributed by atoms with Crippen molar-refractivity contribution in [2.45, 2.75) is 37.9 Å². The Morgan fingerprint density at radius 3 is 2.78 bits per heavy atom. The molecule has 0 saturated heterocycles. The second-order valence-electron chi connectivity index (χ2n) is 6.88. The van der Waals surface area contributed by atoms with Crippen molar-refractivity contribution in [1.29, 1.82) is 0 Å². The number of halogens is 1. The van der Waals surface area contributed by atoms with Crippen molar-refractivity contribution in [1.82, 2.24) is 10.2 Å². The highest BCUT2D eigenvalue weighted by Gasteiger charge is 2.28. The van der Waals surface area contributed by atoms with E-state index in [2.05, 4.69) is 75.7 Å². The molecule has 1 heterocycles. The lowest BCUT2D eigenvalue weighted by atomic mass is 10.0. The van der Waals surface area contributed by atoms with E-state index in [4.69, 9.17) is 0 Å². The maximum absolute atomic E-state index is 3.70. The molecule has 2 aliphatic rings. The minimum atomic E-state index is 0.489. The average molecular weight is 371 g/mol. The summed E-state index contributed by atoms with van der Waals surface area (Å²) in [5.74, 6) is 0.801. The number of hydrogen-bond donors (Lipinski definition) is 1. The molecule has 2 aromatic carbocycles. The van der Waals surface area contributed by atoms with Crippen molar-refractivity contribution < 1.29 is 0 Å². The molecule has 4 rings (SSSR count). The van der Waals surface area contributed by atoms with Gasteiger partial charge in [0.15, 0.2) is 0 Å². The highest BCUT2D eigenvalue weighted by atomic mass is 79.9. The van der Waals surface area contributed by atoms with E-state index >= 15 is 0 Å². The maximum Gasteiger partial charge on any atom is 0.0476 e. The van der Waals surface area contributed by atoms with Gasteiger partial charge in [0.05, 0.1) is 0 Å². The third-order valence-electron chi connectivity index (χ3n) is 5.14. The quantitative estimate of drug-likeness (QED) is 0.826. The third-order valence-corrected chi connectivity index (χ3v) is 5.63. The summed E-state index contributed by atoms with van der Waals surface area (Å²) in [5.41, 5.74) is 5.96. The van der Waals surface area contributed by atoms with Crippen molar-refractivity contribution in [3.63, 3.8) is 0 Å². The molecule has 1 unspecified atom stereocenters. The average Bonchev–Trinajstić information content (AvgIpc) is 3.32. The van der Waals surface area contributed by atoms with Crippen LogP contribution in [0, 0.1) is 0 Å². The Balaban J connectivity index is 1.44. The summed E-state index contributed by atoms with van der Waals surface area (Å²) >= 11 is 3.62. The second kappa shape index (κ2) is 6.39. The largest absolute Gasteiger partial charge is 0.311 e. The van der Waals surface area contributed by atoms with Gasteiger partial charge in [0.1, 0.15) is 0 Å².